The van der Waals surface area contributed by atoms with E-state index in [2.05, 4.69) is 0 Å². The van der Waals surface area contributed by atoms with Crippen molar-refractivity contribution in [2.75, 3.05) is 0 Å². The van der Waals surface area contributed by atoms with Crippen molar-refractivity contribution in [2.45, 2.75) is 6.04 Å². The first-order chi connectivity index (χ1) is 4.09. The zero-order valence-corrected chi connectivity index (χ0v) is 4.18. The second kappa shape index (κ2) is 4.91. The Balaban J connectivity index is 0. The molecule has 0 bridgehead atoms. The zero-order chi connectivity index (χ0) is 7.44. The average Bonchev–Trinajstić information content (AvgIpc) is 1.64. The van der Waals surface area contributed by atoms with Gasteiger partial charge in [-0.25, -0.2) is 4.79 Å². The van der Waals surface area contributed by atoms with E-state index in [0.29, 0.717) is 0 Å². The summed E-state index contributed by atoms with van der Waals surface area (Å²) in [6.07, 6.45) is -0.234. The van der Waals surface area contributed by atoms with Crippen molar-refractivity contribution in [2.24, 2.45) is 0 Å². The van der Waals surface area contributed by atoms with Crippen LogP contribution in [-0.4, -0.2) is 45.7 Å². The van der Waals surface area contributed by atoms with Gasteiger partial charge in [-0.1, -0.05) is 0 Å². The number of aliphatic carboxylic acids is 1. The third kappa shape index (κ3) is 3.17. The van der Waals surface area contributed by atoms with Crippen LogP contribution < -0.4 is 0 Å². The maximum atomic E-state index is 9.70. The minimum absolute atomic E-state index is 0. The van der Waals surface area contributed by atoms with E-state index in [1.165, 1.54) is 0 Å². The van der Waals surface area contributed by atoms with Crippen LogP contribution in [-0.2, 0) is 9.59 Å². The molecule has 1 atom stereocenters. The SMILES string of the molecule is O=CC(C(=O)O)[N+](=O)[O-].[AlH3]. The smallest absolute Gasteiger partial charge is 0.387 e. The van der Waals surface area contributed by atoms with Gasteiger partial charge in [-0.05, 0) is 0 Å². The summed E-state index contributed by atoms with van der Waals surface area (Å²) in [6, 6.07) is -2.12. The number of hydrogen-bond donors (Lipinski definition) is 1. The molecule has 56 valence electrons. The summed E-state index contributed by atoms with van der Waals surface area (Å²) in [5, 5.41) is 17.4. The van der Waals surface area contributed by atoms with E-state index < -0.39 is 16.9 Å². The summed E-state index contributed by atoms with van der Waals surface area (Å²) >= 11 is 0. The molecule has 0 saturated carbocycles. The third-order valence-corrected chi connectivity index (χ3v) is 0.609. The highest BCUT2D eigenvalue weighted by atomic mass is 27.0. The Morgan fingerprint density at radius 1 is 1.70 bits per heavy atom. The Labute approximate surface area is 66.1 Å². The first-order valence-electron chi connectivity index (χ1n) is 1.91. The molecule has 0 aromatic rings. The van der Waals surface area contributed by atoms with Gasteiger partial charge in [0.2, 0.25) is 6.29 Å². The number of rotatable bonds is 3. The summed E-state index contributed by atoms with van der Waals surface area (Å²) in [4.78, 5) is 27.7. The van der Waals surface area contributed by atoms with E-state index in [4.69, 9.17) is 5.11 Å². The number of aldehydes is 1. The Morgan fingerprint density at radius 2 is 2.10 bits per heavy atom. The fourth-order valence-corrected chi connectivity index (χ4v) is 0.198. The van der Waals surface area contributed by atoms with Crippen molar-refractivity contribution in [3.63, 3.8) is 0 Å². The molecule has 7 heteroatoms. The molecule has 0 fully saturated rings. The van der Waals surface area contributed by atoms with Gasteiger partial charge < -0.3 is 5.11 Å². The van der Waals surface area contributed by atoms with Gasteiger partial charge in [-0.2, -0.15) is 0 Å². The normalized spacial score (nSPS) is 10.8. The molecule has 10 heavy (non-hydrogen) atoms. The lowest BCUT2D eigenvalue weighted by molar-refractivity contribution is -0.493. The summed E-state index contributed by atoms with van der Waals surface area (Å²) in [7, 11) is 0. The standard InChI is InChI=1S/C3H3NO5.Al.3H/c5-1-2(3(6)7)4(8)9;;;;/h1-2H,(H,6,7);;;;. The van der Waals surface area contributed by atoms with E-state index in [1.54, 1.807) is 0 Å². The van der Waals surface area contributed by atoms with Crippen molar-refractivity contribution in [3.8, 4) is 0 Å². The number of carboxylic acids is 1. The van der Waals surface area contributed by atoms with Crippen LogP contribution in [0, 0.1) is 10.1 Å². The lowest BCUT2D eigenvalue weighted by Crippen LogP contribution is -2.30. The third-order valence-electron chi connectivity index (χ3n) is 0.609. The highest BCUT2D eigenvalue weighted by Crippen LogP contribution is 1.83. The molecule has 0 aliphatic carbocycles. The Hall–Kier alpha value is -0.928. The van der Waals surface area contributed by atoms with E-state index in [9.17, 15) is 19.7 Å². The minimum atomic E-state index is -2.12. The number of hydrogen-bond acceptors (Lipinski definition) is 4. The number of carbonyl (C=O) groups excluding carboxylic acids is 1. The quantitative estimate of drug-likeness (QED) is 0.166. The molecule has 0 aliphatic heterocycles. The van der Waals surface area contributed by atoms with Crippen LogP contribution in [0.15, 0.2) is 0 Å². The molecule has 0 spiro atoms. The molecule has 0 heterocycles. The van der Waals surface area contributed by atoms with Gasteiger partial charge in [-0.15, -0.1) is 0 Å². The van der Waals surface area contributed by atoms with E-state index >= 15 is 0 Å². The number of carbonyl (C=O) groups is 2. The lowest BCUT2D eigenvalue weighted by atomic mass is 10.4. The number of nitro groups is 1. The average molecular weight is 163 g/mol. The molecule has 1 unspecified atom stereocenters. The summed E-state index contributed by atoms with van der Waals surface area (Å²) in [5.41, 5.74) is 0. The molecular weight excluding hydrogens is 157 g/mol. The molecular formula is C3H6AlNO5. The molecule has 0 aromatic carbocycles. The largest absolute Gasteiger partial charge is 0.476 e. The predicted molar refractivity (Wildman–Crippen MR) is 34.4 cm³/mol. The highest BCUT2D eigenvalue weighted by Gasteiger charge is 2.27. The molecule has 0 rings (SSSR count). The first kappa shape index (κ1) is 11.8. The maximum absolute atomic E-state index is 9.70. The first-order valence-corrected chi connectivity index (χ1v) is 1.91. The van der Waals surface area contributed by atoms with Crippen LogP contribution >= 0.6 is 0 Å². The Kier molecular flexibility index (Phi) is 5.80. The summed E-state index contributed by atoms with van der Waals surface area (Å²) < 4.78 is 0. The van der Waals surface area contributed by atoms with Crippen LogP contribution in [0.4, 0.5) is 0 Å². The van der Waals surface area contributed by atoms with Crippen molar-refractivity contribution < 1.29 is 19.6 Å². The van der Waals surface area contributed by atoms with Gasteiger partial charge in [0, 0.05) is 4.92 Å². The number of nitrogens with zero attached hydrogens (tertiary/aromatic N) is 1. The molecule has 6 nitrogen and oxygen atoms in total. The van der Waals surface area contributed by atoms with E-state index in [1.807, 2.05) is 0 Å². The van der Waals surface area contributed by atoms with Gasteiger partial charge in [0.1, 0.15) is 0 Å². The van der Waals surface area contributed by atoms with Gasteiger partial charge >= 0.3 is 12.0 Å². The monoisotopic (exact) mass is 163 g/mol. The predicted octanol–water partition coefficient (Wildman–Crippen LogP) is -2.27. The molecule has 1 N–H and O–H groups in total. The summed E-state index contributed by atoms with van der Waals surface area (Å²) in [6.45, 7) is 0. The second-order valence-electron chi connectivity index (χ2n) is 1.20. The minimum Gasteiger partial charge on any atom is -0.476 e. The molecule has 0 aromatic heterocycles. The van der Waals surface area contributed by atoms with Crippen molar-refractivity contribution in [3.05, 3.63) is 10.1 Å². The Morgan fingerprint density at radius 3 is 2.10 bits per heavy atom. The summed E-state index contributed by atoms with van der Waals surface area (Å²) in [5.74, 6) is -1.74. The Bertz CT molecular complexity index is 143. The molecule has 0 saturated heterocycles. The van der Waals surface area contributed by atoms with Crippen LogP contribution in [0.2, 0.25) is 0 Å². The van der Waals surface area contributed by atoms with Crippen LogP contribution in [0.25, 0.3) is 0 Å². The van der Waals surface area contributed by atoms with Gasteiger partial charge in [0.25, 0.3) is 0 Å². The van der Waals surface area contributed by atoms with Crippen molar-refractivity contribution in [1.29, 1.82) is 0 Å². The second-order valence-corrected chi connectivity index (χ2v) is 1.20. The molecule has 0 amide bonds. The fraction of sp³-hybridized carbons (Fsp3) is 0.333. The maximum Gasteiger partial charge on any atom is 0.387 e. The van der Waals surface area contributed by atoms with Crippen LogP contribution in [0.5, 0.6) is 0 Å². The van der Waals surface area contributed by atoms with E-state index in [-0.39, 0.29) is 23.6 Å². The van der Waals surface area contributed by atoms with Crippen LogP contribution in [0.1, 0.15) is 0 Å². The van der Waals surface area contributed by atoms with Crippen molar-refractivity contribution >= 4 is 29.6 Å². The molecule has 0 radical (unpaired) electrons. The van der Waals surface area contributed by atoms with E-state index in [0.717, 1.165) is 0 Å². The van der Waals surface area contributed by atoms with Crippen molar-refractivity contribution in [1.82, 2.24) is 0 Å². The lowest BCUT2D eigenvalue weighted by Gasteiger charge is -1.91. The van der Waals surface area contributed by atoms with Crippen LogP contribution in [0.3, 0.4) is 0 Å². The van der Waals surface area contributed by atoms with Gasteiger partial charge in [0.15, 0.2) is 17.4 Å². The fourth-order valence-electron chi connectivity index (χ4n) is 0.198. The highest BCUT2D eigenvalue weighted by molar-refractivity contribution is 5.88. The topological polar surface area (TPSA) is 97.5 Å². The molecule has 0 aliphatic rings. The van der Waals surface area contributed by atoms with Gasteiger partial charge in [-0.3, -0.25) is 14.9 Å². The number of carboxylic acid groups (broad SMARTS) is 1. The van der Waals surface area contributed by atoms with Gasteiger partial charge in [0.05, 0.1) is 0 Å². The zero-order valence-electron chi connectivity index (χ0n) is 4.18.